The fourth-order valence-corrected chi connectivity index (χ4v) is 1.91. The molecule has 0 saturated heterocycles. The largest absolute Gasteiger partial charge is 0.476 e. The van der Waals surface area contributed by atoms with Crippen molar-refractivity contribution in [3.05, 3.63) is 42.0 Å². The minimum atomic E-state index is -1.11. The Hall–Kier alpha value is -2.70. The average Bonchev–Trinajstić information content (AvgIpc) is 2.90. The first-order chi connectivity index (χ1) is 9.06. The van der Waals surface area contributed by atoms with Crippen LogP contribution < -0.4 is 0 Å². The highest BCUT2D eigenvalue weighted by molar-refractivity contribution is 5.85. The van der Waals surface area contributed by atoms with Gasteiger partial charge in [-0.2, -0.15) is 0 Å². The zero-order valence-corrected chi connectivity index (χ0v) is 9.91. The molecule has 0 aliphatic rings. The van der Waals surface area contributed by atoms with Crippen LogP contribution in [0.3, 0.4) is 0 Å². The molecule has 19 heavy (non-hydrogen) atoms. The Morgan fingerprint density at radius 2 is 2.21 bits per heavy atom. The van der Waals surface area contributed by atoms with E-state index in [-0.39, 0.29) is 11.5 Å². The van der Waals surface area contributed by atoms with E-state index in [9.17, 15) is 9.18 Å². The number of carboxylic acid groups (broad SMARTS) is 1. The lowest BCUT2D eigenvalue weighted by Gasteiger charge is -2.00. The zero-order chi connectivity index (χ0) is 13.6. The molecule has 0 atom stereocenters. The zero-order valence-electron chi connectivity index (χ0n) is 9.91. The molecule has 0 amide bonds. The lowest BCUT2D eigenvalue weighted by Crippen LogP contribution is -1.98. The Morgan fingerprint density at radius 3 is 2.84 bits per heavy atom. The van der Waals surface area contributed by atoms with E-state index in [0.29, 0.717) is 17.2 Å². The quantitative estimate of drug-likeness (QED) is 0.759. The second-order valence-electron chi connectivity index (χ2n) is 4.07. The first-order valence-corrected chi connectivity index (χ1v) is 5.47. The van der Waals surface area contributed by atoms with E-state index in [1.54, 1.807) is 23.7 Å². The smallest absolute Gasteiger partial charge is 0.356 e. The first kappa shape index (κ1) is 11.4. The van der Waals surface area contributed by atoms with Crippen molar-refractivity contribution < 1.29 is 14.3 Å². The standard InChI is InChI=1S/C12H9FN4O2/c1-16-10(7-3-2-4-8(13)5-7)15-17-6-9(11(18)19)14-12(16)17/h2-6H,1H3,(H,18,19). The van der Waals surface area contributed by atoms with Gasteiger partial charge in [0.15, 0.2) is 11.5 Å². The lowest BCUT2D eigenvalue weighted by molar-refractivity contribution is 0.0691. The molecule has 0 saturated carbocycles. The van der Waals surface area contributed by atoms with E-state index in [4.69, 9.17) is 5.11 Å². The number of carbonyl (C=O) groups is 1. The van der Waals surface area contributed by atoms with Crippen molar-refractivity contribution in [3.63, 3.8) is 0 Å². The van der Waals surface area contributed by atoms with Crippen LogP contribution in [-0.2, 0) is 7.05 Å². The number of carboxylic acids is 1. The second-order valence-corrected chi connectivity index (χ2v) is 4.07. The summed E-state index contributed by atoms with van der Waals surface area (Å²) in [5, 5.41) is 13.1. The summed E-state index contributed by atoms with van der Waals surface area (Å²) in [6, 6.07) is 6.02. The van der Waals surface area contributed by atoms with Gasteiger partial charge in [0, 0.05) is 12.6 Å². The molecule has 3 aromatic rings. The lowest BCUT2D eigenvalue weighted by atomic mass is 10.2. The van der Waals surface area contributed by atoms with Crippen molar-refractivity contribution >= 4 is 11.7 Å². The Morgan fingerprint density at radius 1 is 1.42 bits per heavy atom. The van der Waals surface area contributed by atoms with Gasteiger partial charge in [-0.25, -0.2) is 18.7 Å². The van der Waals surface area contributed by atoms with Gasteiger partial charge in [-0.3, -0.25) is 4.57 Å². The molecule has 1 aromatic carbocycles. The number of aromatic carboxylic acids is 1. The molecule has 0 aliphatic heterocycles. The van der Waals surface area contributed by atoms with Crippen molar-refractivity contribution in [3.8, 4) is 11.4 Å². The van der Waals surface area contributed by atoms with E-state index in [1.165, 1.54) is 22.8 Å². The molecule has 7 heteroatoms. The molecule has 1 N–H and O–H groups in total. The Labute approximate surface area is 106 Å². The van der Waals surface area contributed by atoms with E-state index < -0.39 is 5.97 Å². The maximum atomic E-state index is 13.2. The van der Waals surface area contributed by atoms with Gasteiger partial charge in [-0.15, -0.1) is 5.10 Å². The molecule has 0 fully saturated rings. The number of aryl methyl sites for hydroxylation is 1. The van der Waals surface area contributed by atoms with Crippen LogP contribution in [0, 0.1) is 5.82 Å². The van der Waals surface area contributed by atoms with Crippen molar-refractivity contribution in [2.24, 2.45) is 7.05 Å². The highest BCUT2D eigenvalue weighted by Crippen LogP contribution is 2.20. The minimum absolute atomic E-state index is 0.0797. The molecule has 0 aliphatic carbocycles. The van der Waals surface area contributed by atoms with Crippen LogP contribution in [-0.4, -0.2) is 30.2 Å². The molecule has 2 heterocycles. The first-order valence-electron chi connectivity index (χ1n) is 5.47. The van der Waals surface area contributed by atoms with Crippen LogP contribution in [0.5, 0.6) is 0 Å². The molecule has 2 aromatic heterocycles. The summed E-state index contributed by atoms with van der Waals surface area (Å²) in [7, 11) is 1.70. The monoisotopic (exact) mass is 260 g/mol. The molecular formula is C12H9FN4O2. The Balaban J connectivity index is 2.18. The Bertz CT molecular complexity index is 790. The third-order valence-corrected chi connectivity index (χ3v) is 2.79. The molecular weight excluding hydrogens is 251 g/mol. The summed E-state index contributed by atoms with van der Waals surface area (Å²) in [6.45, 7) is 0. The summed E-state index contributed by atoms with van der Waals surface area (Å²) in [5.41, 5.74) is 0.522. The normalized spacial score (nSPS) is 11.1. The number of rotatable bonds is 2. The number of aromatic nitrogens is 4. The van der Waals surface area contributed by atoms with Crippen molar-refractivity contribution in [2.45, 2.75) is 0 Å². The molecule has 0 unspecified atom stereocenters. The van der Waals surface area contributed by atoms with E-state index in [0.717, 1.165) is 0 Å². The summed E-state index contributed by atoms with van der Waals surface area (Å²) in [4.78, 5) is 14.8. The summed E-state index contributed by atoms with van der Waals surface area (Å²) in [5.74, 6) is -0.572. The molecule has 0 radical (unpaired) electrons. The summed E-state index contributed by atoms with van der Waals surface area (Å²) >= 11 is 0. The van der Waals surface area contributed by atoms with Gasteiger partial charge in [-0.1, -0.05) is 12.1 Å². The van der Waals surface area contributed by atoms with Gasteiger partial charge in [0.05, 0.1) is 6.20 Å². The van der Waals surface area contributed by atoms with E-state index >= 15 is 0 Å². The number of nitrogens with zero attached hydrogens (tertiary/aromatic N) is 4. The van der Waals surface area contributed by atoms with Gasteiger partial charge in [-0.05, 0) is 12.1 Å². The van der Waals surface area contributed by atoms with Gasteiger partial charge in [0.2, 0.25) is 5.78 Å². The van der Waals surface area contributed by atoms with Crippen LogP contribution in [0.15, 0.2) is 30.5 Å². The van der Waals surface area contributed by atoms with Crippen LogP contribution in [0.2, 0.25) is 0 Å². The molecule has 0 spiro atoms. The van der Waals surface area contributed by atoms with Gasteiger partial charge >= 0.3 is 5.97 Å². The second kappa shape index (κ2) is 3.91. The van der Waals surface area contributed by atoms with Crippen molar-refractivity contribution in [1.82, 2.24) is 19.2 Å². The summed E-state index contributed by atoms with van der Waals surface area (Å²) < 4.78 is 16.2. The predicted octanol–water partition coefficient (Wildman–Crippen LogP) is 1.57. The van der Waals surface area contributed by atoms with Gasteiger partial charge in [0.1, 0.15) is 5.82 Å². The third-order valence-electron chi connectivity index (χ3n) is 2.79. The molecule has 6 nitrogen and oxygen atoms in total. The van der Waals surface area contributed by atoms with Crippen LogP contribution in [0.25, 0.3) is 17.2 Å². The molecule has 96 valence electrons. The van der Waals surface area contributed by atoms with Crippen LogP contribution in [0.4, 0.5) is 4.39 Å². The number of benzene rings is 1. The average molecular weight is 260 g/mol. The fraction of sp³-hybridized carbons (Fsp3) is 0.0833. The maximum absolute atomic E-state index is 13.2. The number of hydrogen-bond donors (Lipinski definition) is 1. The van der Waals surface area contributed by atoms with E-state index in [2.05, 4.69) is 10.1 Å². The number of imidazole rings is 1. The van der Waals surface area contributed by atoms with E-state index in [1.807, 2.05) is 0 Å². The van der Waals surface area contributed by atoms with Gasteiger partial charge < -0.3 is 5.11 Å². The molecule has 0 bridgehead atoms. The number of halogens is 1. The Kier molecular flexibility index (Phi) is 2.34. The fourth-order valence-electron chi connectivity index (χ4n) is 1.91. The SMILES string of the molecule is Cn1c(-c2cccc(F)c2)nn2cc(C(=O)O)nc12. The van der Waals surface area contributed by atoms with Crippen LogP contribution in [0.1, 0.15) is 10.5 Å². The van der Waals surface area contributed by atoms with Crippen LogP contribution >= 0.6 is 0 Å². The van der Waals surface area contributed by atoms with Crippen molar-refractivity contribution in [1.29, 1.82) is 0 Å². The number of hydrogen-bond acceptors (Lipinski definition) is 3. The van der Waals surface area contributed by atoms with Crippen molar-refractivity contribution in [2.75, 3.05) is 0 Å². The maximum Gasteiger partial charge on any atom is 0.356 e. The number of fused-ring (bicyclic) bond motifs is 1. The highest BCUT2D eigenvalue weighted by Gasteiger charge is 2.16. The molecule has 3 rings (SSSR count). The predicted molar refractivity (Wildman–Crippen MR) is 64.3 cm³/mol. The summed E-state index contributed by atoms with van der Waals surface area (Å²) in [6.07, 6.45) is 1.32. The minimum Gasteiger partial charge on any atom is -0.476 e. The topological polar surface area (TPSA) is 72.4 Å². The highest BCUT2D eigenvalue weighted by atomic mass is 19.1. The third kappa shape index (κ3) is 1.75. The van der Waals surface area contributed by atoms with Gasteiger partial charge in [0.25, 0.3) is 0 Å².